The molecule has 2 aliphatic heterocycles. The van der Waals surface area contributed by atoms with Crippen LogP contribution in [0.15, 0.2) is 35.7 Å². The fourth-order valence-electron chi connectivity index (χ4n) is 5.76. The smallest absolute Gasteiger partial charge is 0.239 e. The first-order chi connectivity index (χ1) is 17.0. The van der Waals surface area contributed by atoms with Crippen molar-refractivity contribution in [2.24, 2.45) is 5.92 Å². The molecule has 6 heteroatoms. The second-order valence-corrected chi connectivity index (χ2v) is 11.1. The lowest BCUT2D eigenvalue weighted by atomic mass is 9.89. The monoisotopic (exact) mass is 495 g/mol. The van der Waals surface area contributed by atoms with E-state index in [4.69, 9.17) is 0 Å². The summed E-state index contributed by atoms with van der Waals surface area (Å²) in [6.07, 6.45) is 5.09. The minimum Gasteiger partial charge on any atom is -0.339 e. The van der Waals surface area contributed by atoms with Gasteiger partial charge < -0.3 is 9.80 Å². The fourth-order valence-corrected chi connectivity index (χ4v) is 6.66. The number of thiophene rings is 1. The van der Waals surface area contributed by atoms with Gasteiger partial charge in [-0.25, -0.2) is 0 Å². The van der Waals surface area contributed by atoms with Crippen molar-refractivity contribution >= 4 is 23.2 Å². The van der Waals surface area contributed by atoms with E-state index in [9.17, 15) is 9.59 Å². The second-order valence-electron chi connectivity index (χ2n) is 10.1. The molecule has 3 heterocycles. The molecule has 4 rings (SSSR count). The molecule has 5 nitrogen and oxygen atoms in total. The Morgan fingerprint density at radius 2 is 1.66 bits per heavy atom. The number of benzene rings is 1. The molecule has 0 saturated carbocycles. The van der Waals surface area contributed by atoms with Crippen molar-refractivity contribution < 1.29 is 9.59 Å². The van der Waals surface area contributed by atoms with Gasteiger partial charge in [0.05, 0.1) is 12.1 Å². The van der Waals surface area contributed by atoms with Gasteiger partial charge in [0.25, 0.3) is 0 Å². The Hall–Kier alpha value is -2.18. The third-order valence-corrected chi connectivity index (χ3v) is 8.99. The Morgan fingerprint density at radius 3 is 2.31 bits per heavy atom. The van der Waals surface area contributed by atoms with Gasteiger partial charge in [-0.2, -0.15) is 0 Å². The highest BCUT2D eigenvalue weighted by atomic mass is 32.1. The fraction of sp³-hybridized carbons (Fsp3) is 0.586. The minimum absolute atomic E-state index is 0.108. The predicted octanol–water partition coefficient (Wildman–Crippen LogP) is 5.28. The number of hydrogen-bond donors (Lipinski definition) is 0. The van der Waals surface area contributed by atoms with Crippen LogP contribution in [0.3, 0.4) is 0 Å². The third kappa shape index (κ3) is 5.49. The van der Waals surface area contributed by atoms with E-state index < -0.39 is 0 Å². The lowest BCUT2D eigenvalue weighted by Gasteiger charge is -2.43. The molecule has 1 saturated heterocycles. The van der Waals surface area contributed by atoms with Gasteiger partial charge in [-0.3, -0.25) is 14.5 Å². The average Bonchev–Trinajstić information content (AvgIpc) is 3.37. The Balaban J connectivity index is 1.45. The molecule has 0 spiro atoms. The van der Waals surface area contributed by atoms with Crippen LogP contribution in [0.1, 0.15) is 74.1 Å². The Bertz CT molecular complexity index is 1010. The molecule has 2 amide bonds. The van der Waals surface area contributed by atoms with Gasteiger partial charge in [0.1, 0.15) is 0 Å². The Morgan fingerprint density at radius 1 is 0.971 bits per heavy atom. The van der Waals surface area contributed by atoms with Gasteiger partial charge in [-0.1, -0.05) is 51.0 Å². The van der Waals surface area contributed by atoms with E-state index in [2.05, 4.69) is 68.3 Å². The summed E-state index contributed by atoms with van der Waals surface area (Å²) in [5, 5.41) is 2.19. The summed E-state index contributed by atoms with van der Waals surface area (Å²) in [4.78, 5) is 34.5. The van der Waals surface area contributed by atoms with E-state index in [-0.39, 0.29) is 29.8 Å². The van der Waals surface area contributed by atoms with E-state index in [1.54, 1.807) is 0 Å². The first-order valence-electron chi connectivity index (χ1n) is 13.4. The largest absolute Gasteiger partial charge is 0.339 e. The summed E-state index contributed by atoms with van der Waals surface area (Å²) in [5.74, 6) is 0.591. The van der Waals surface area contributed by atoms with Gasteiger partial charge >= 0.3 is 0 Å². The number of unbranched alkanes of at least 4 members (excludes halogenated alkanes) is 1. The van der Waals surface area contributed by atoms with Gasteiger partial charge in [-0.15, -0.1) is 11.3 Å². The van der Waals surface area contributed by atoms with Crippen LogP contribution in [0.4, 0.5) is 0 Å². The number of amides is 2. The van der Waals surface area contributed by atoms with Crippen LogP contribution >= 0.6 is 11.3 Å². The van der Waals surface area contributed by atoms with Crippen molar-refractivity contribution in [1.82, 2.24) is 14.7 Å². The molecule has 0 aliphatic carbocycles. The topological polar surface area (TPSA) is 43.9 Å². The summed E-state index contributed by atoms with van der Waals surface area (Å²) in [6, 6.07) is 10.7. The molecular formula is C29H41N3O2S. The van der Waals surface area contributed by atoms with Crippen LogP contribution in [0.25, 0.3) is 0 Å². The van der Waals surface area contributed by atoms with Crippen LogP contribution in [0, 0.1) is 12.8 Å². The van der Waals surface area contributed by atoms with Crippen LogP contribution in [0.5, 0.6) is 0 Å². The number of carbonyl (C=O) groups is 2. The SMILES string of the molecule is CCCC[C@H](CC)C(=O)N1CCN(C(=O)[C@H](C)N2CCc3sccc3[C@H]2c2ccccc2C)CC1. The number of aryl methyl sites for hydroxylation is 1. The van der Waals surface area contributed by atoms with Crippen LogP contribution in [-0.4, -0.2) is 65.3 Å². The van der Waals surface area contributed by atoms with Crippen LogP contribution in [0.2, 0.25) is 0 Å². The summed E-state index contributed by atoms with van der Waals surface area (Å²) >= 11 is 1.83. The van der Waals surface area contributed by atoms with Crippen molar-refractivity contribution in [2.45, 2.75) is 71.9 Å². The first kappa shape index (κ1) is 25.9. The number of hydrogen-bond acceptors (Lipinski definition) is 4. The van der Waals surface area contributed by atoms with E-state index in [1.165, 1.54) is 21.6 Å². The lowest BCUT2D eigenvalue weighted by Crippen LogP contribution is -2.56. The number of rotatable bonds is 8. The summed E-state index contributed by atoms with van der Waals surface area (Å²) in [5.41, 5.74) is 3.91. The van der Waals surface area contributed by atoms with Gasteiger partial charge in [0, 0.05) is 43.5 Å². The highest BCUT2D eigenvalue weighted by Crippen LogP contribution is 2.40. The Labute approximate surface area is 215 Å². The average molecular weight is 496 g/mol. The standard InChI is InChI=1S/C29H41N3O2S/c1-5-7-11-23(6-2)29(34)31-18-16-30(17-19-31)28(33)22(4)32-15-13-26-25(14-20-35-26)27(32)24-12-9-8-10-21(24)3/h8-10,12,14,20,22-23,27H,5-7,11,13,15-19H2,1-4H3/t22-,23-,27+/m0/s1. The first-order valence-corrected chi connectivity index (χ1v) is 14.3. The molecular weight excluding hydrogens is 454 g/mol. The van der Waals surface area contributed by atoms with Crippen molar-refractivity contribution in [3.05, 3.63) is 57.3 Å². The Kier molecular flexibility index (Phi) is 8.66. The van der Waals surface area contributed by atoms with E-state index in [1.807, 2.05) is 21.1 Å². The predicted molar refractivity (Wildman–Crippen MR) is 144 cm³/mol. The van der Waals surface area contributed by atoms with Crippen molar-refractivity contribution in [1.29, 1.82) is 0 Å². The quantitative estimate of drug-likeness (QED) is 0.500. The highest BCUT2D eigenvalue weighted by molar-refractivity contribution is 7.10. The third-order valence-electron chi connectivity index (χ3n) is 7.99. The molecule has 0 unspecified atom stereocenters. The lowest BCUT2D eigenvalue weighted by molar-refractivity contribution is -0.145. The molecule has 0 radical (unpaired) electrons. The van der Waals surface area contributed by atoms with Crippen molar-refractivity contribution in [3.63, 3.8) is 0 Å². The second kappa shape index (κ2) is 11.7. The molecule has 2 aliphatic rings. The minimum atomic E-state index is -0.206. The molecule has 190 valence electrons. The molecule has 1 aromatic carbocycles. The summed E-state index contributed by atoms with van der Waals surface area (Å²) in [6.45, 7) is 12.0. The molecule has 0 N–H and O–H groups in total. The van der Waals surface area contributed by atoms with Gasteiger partial charge in [0.2, 0.25) is 11.8 Å². The normalized spacial score (nSPS) is 20.4. The highest BCUT2D eigenvalue weighted by Gasteiger charge is 2.38. The maximum absolute atomic E-state index is 13.7. The number of fused-ring (bicyclic) bond motifs is 1. The van der Waals surface area contributed by atoms with E-state index >= 15 is 0 Å². The van der Waals surface area contributed by atoms with Gasteiger partial charge in [-0.05, 0) is 61.2 Å². The zero-order chi connectivity index (χ0) is 24.9. The number of nitrogens with zero attached hydrogens (tertiary/aromatic N) is 3. The molecule has 2 aromatic rings. The summed E-state index contributed by atoms with van der Waals surface area (Å²) in [7, 11) is 0. The summed E-state index contributed by atoms with van der Waals surface area (Å²) < 4.78 is 0. The molecule has 1 fully saturated rings. The zero-order valence-corrected chi connectivity index (χ0v) is 22.7. The molecule has 1 aromatic heterocycles. The van der Waals surface area contributed by atoms with Crippen molar-refractivity contribution in [3.8, 4) is 0 Å². The maximum Gasteiger partial charge on any atom is 0.239 e. The number of carbonyl (C=O) groups excluding carboxylic acids is 2. The van der Waals surface area contributed by atoms with E-state index in [0.29, 0.717) is 26.2 Å². The van der Waals surface area contributed by atoms with Crippen molar-refractivity contribution in [2.75, 3.05) is 32.7 Å². The maximum atomic E-state index is 13.7. The molecule has 3 atom stereocenters. The van der Waals surface area contributed by atoms with Gasteiger partial charge in [0.15, 0.2) is 0 Å². The molecule has 0 bridgehead atoms. The zero-order valence-electron chi connectivity index (χ0n) is 21.8. The van der Waals surface area contributed by atoms with E-state index in [0.717, 1.165) is 38.6 Å². The van der Waals surface area contributed by atoms with Crippen LogP contribution < -0.4 is 0 Å². The van der Waals surface area contributed by atoms with Crippen LogP contribution in [-0.2, 0) is 16.0 Å². The molecule has 35 heavy (non-hydrogen) atoms. The number of piperazine rings is 1.